The summed E-state index contributed by atoms with van der Waals surface area (Å²) in [6.07, 6.45) is 6.02. The van der Waals surface area contributed by atoms with Gasteiger partial charge in [-0.05, 0) is 24.1 Å². The maximum Gasteiger partial charge on any atom is 0.227 e. The van der Waals surface area contributed by atoms with Gasteiger partial charge in [-0.15, -0.1) is 0 Å². The lowest BCUT2D eigenvalue weighted by molar-refractivity contribution is 0.299. The van der Waals surface area contributed by atoms with E-state index in [0.717, 1.165) is 16.8 Å². The van der Waals surface area contributed by atoms with Crippen molar-refractivity contribution >= 4 is 23.2 Å². The molecule has 0 spiro atoms. The van der Waals surface area contributed by atoms with Crippen LogP contribution in [0, 0.1) is 11.3 Å². The van der Waals surface area contributed by atoms with Crippen LogP contribution in [0.4, 0.5) is 11.6 Å². The molecule has 0 fully saturated rings. The minimum absolute atomic E-state index is 0.123. The second-order valence-electron chi connectivity index (χ2n) is 5.59. The number of aliphatic hydroxyl groups excluding tert-OH is 1. The Balaban J connectivity index is 1.79. The standard InChI is InChI=1S/C18H17ClN6O/c19-16-11-21-18(23-15-4-2-13(3-5-15)6-9-26)24-17(16)14-10-22-25(12-14)8-1-7-20/h2-5,10-12,26H,1,6,8-9H2,(H,21,23,24). The summed E-state index contributed by atoms with van der Waals surface area (Å²) < 4.78 is 1.68. The Morgan fingerprint density at radius 1 is 1.23 bits per heavy atom. The number of aromatic nitrogens is 4. The smallest absolute Gasteiger partial charge is 0.227 e. The van der Waals surface area contributed by atoms with Crippen LogP contribution in [0.3, 0.4) is 0 Å². The zero-order chi connectivity index (χ0) is 18.4. The highest BCUT2D eigenvalue weighted by Gasteiger charge is 2.11. The number of aryl methyl sites for hydroxylation is 1. The lowest BCUT2D eigenvalue weighted by atomic mass is 10.1. The Bertz CT molecular complexity index is 916. The highest BCUT2D eigenvalue weighted by Crippen LogP contribution is 2.26. The summed E-state index contributed by atoms with van der Waals surface area (Å²) in [7, 11) is 0. The van der Waals surface area contributed by atoms with Crippen LogP contribution in [-0.2, 0) is 13.0 Å². The number of nitrogens with one attached hydrogen (secondary N) is 1. The zero-order valence-corrected chi connectivity index (χ0v) is 14.7. The van der Waals surface area contributed by atoms with Crippen LogP contribution in [0.5, 0.6) is 0 Å². The van der Waals surface area contributed by atoms with Gasteiger partial charge in [0.25, 0.3) is 0 Å². The molecule has 2 heterocycles. The topological polar surface area (TPSA) is 99.7 Å². The molecule has 132 valence electrons. The zero-order valence-electron chi connectivity index (χ0n) is 13.9. The van der Waals surface area contributed by atoms with Crippen LogP contribution in [0.1, 0.15) is 12.0 Å². The van der Waals surface area contributed by atoms with E-state index in [9.17, 15) is 0 Å². The molecular formula is C18H17ClN6O. The maximum absolute atomic E-state index is 8.97. The quantitative estimate of drug-likeness (QED) is 0.664. The van der Waals surface area contributed by atoms with Gasteiger partial charge in [0.1, 0.15) is 0 Å². The minimum atomic E-state index is 0.123. The van der Waals surface area contributed by atoms with Crippen LogP contribution in [0.25, 0.3) is 11.3 Å². The number of halogens is 1. The van der Waals surface area contributed by atoms with Gasteiger partial charge in [0, 0.05) is 24.1 Å². The predicted molar refractivity (Wildman–Crippen MR) is 99.0 cm³/mol. The van der Waals surface area contributed by atoms with Crippen LogP contribution in [0.2, 0.25) is 5.02 Å². The molecule has 0 aliphatic carbocycles. The normalized spacial score (nSPS) is 10.5. The van der Waals surface area contributed by atoms with Gasteiger partial charge >= 0.3 is 0 Å². The Hall–Kier alpha value is -2.95. The summed E-state index contributed by atoms with van der Waals surface area (Å²) >= 11 is 6.24. The average molecular weight is 369 g/mol. The first-order valence-corrected chi connectivity index (χ1v) is 8.46. The van der Waals surface area contributed by atoms with Crippen molar-refractivity contribution in [2.75, 3.05) is 11.9 Å². The summed E-state index contributed by atoms with van der Waals surface area (Å²) in [5.41, 5.74) is 3.23. The fraction of sp³-hybridized carbons (Fsp3) is 0.222. The Labute approximate surface area is 155 Å². The van der Waals surface area contributed by atoms with Gasteiger partial charge in [0.2, 0.25) is 5.95 Å². The van der Waals surface area contributed by atoms with Gasteiger partial charge in [-0.25, -0.2) is 9.97 Å². The van der Waals surface area contributed by atoms with Gasteiger partial charge in [-0.2, -0.15) is 10.4 Å². The molecule has 0 radical (unpaired) electrons. The molecule has 2 N–H and O–H groups in total. The summed E-state index contributed by atoms with van der Waals surface area (Å²) in [6, 6.07) is 9.78. The first-order chi connectivity index (χ1) is 12.7. The summed E-state index contributed by atoms with van der Waals surface area (Å²) in [4.78, 5) is 8.69. The number of rotatable bonds is 7. The maximum atomic E-state index is 8.97. The van der Waals surface area contributed by atoms with Crippen LogP contribution >= 0.6 is 11.6 Å². The van der Waals surface area contributed by atoms with Gasteiger partial charge in [0.05, 0.1) is 42.1 Å². The van der Waals surface area contributed by atoms with E-state index in [2.05, 4.69) is 26.5 Å². The molecule has 3 rings (SSSR count). The molecule has 7 nitrogen and oxygen atoms in total. The lowest BCUT2D eigenvalue weighted by Gasteiger charge is -2.08. The molecule has 3 aromatic rings. The van der Waals surface area contributed by atoms with Gasteiger partial charge in [0.15, 0.2) is 0 Å². The van der Waals surface area contributed by atoms with E-state index in [1.165, 1.54) is 0 Å². The molecule has 0 bridgehead atoms. The second kappa shape index (κ2) is 8.43. The Morgan fingerprint density at radius 2 is 2.04 bits per heavy atom. The molecule has 0 atom stereocenters. The molecule has 0 aliphatic rings. The molecular weight excluding hydrogens is 352 g/mol. The van der Waals surface area contributed by atoms with Crippen LogP contribution in [0.15, 0.2) is 42.9 Å². The number of aliphatic hydroxyl groups is 1. The number of nitriles is 1. The molecule has 0 saturated heterocycles. The highest BCUT2D eigenvalue weighted by molar-refractivity contribution is 6.32. The summed E-state index contributed by atoms with van der Waals surface area (Å²) in [5, 5.41) is 25.4. The molecule has 0 saturated carbocycles. The van der Waals surface area contributed by atoms with E-state index < -0.39 is 0 Å². The highest BCUT2D eigenvalue weighted by atomic mass is 35.5. The van der Waals surface area contributed by atoms with Gasteiger partial charge < -0.3 is 10.4 Å². The van der Waals surface area contributed by atoms with E-state index >= 15 is 0 Å². The molecule has 0 aliphatic heterocycles. The number of hydrogen-bond donors (Lipinski definition) is 2. The lowest BCUT2D eigenvalue weighted by Crippen LogP contribution is -1.99. The predicted octanol–water partition coefficient (Wildman–Crippen LogP) is 3.19. The fourth-order valence-electron chi connectivity index (χ4n) is 2.42. The van der Waals surface area contributed by atoms with Crippen molar-refractivity contribution in [3.8, 4) is 17.3 Å². The van der Waals surface area contributed by atoms with Crippen molar-refractivity contribution in [1.29, 1.82) is 5.26 Å². The van der Waals surface area contributed by atoms with Crippen molar-refractivity contribution in [3.05, 3.63) is 53.4 Å². The SMILES string of the molecule is N#CCCn1cc(-c2nc(Nc3ccc(CCO)cc3)ncc2Cl)cn1. The number of anilines is 2. The molecule has 2 aromatic heterocycles. The van der Waals surface area contributed by atoms with E-state index in [-0.39, 0.29) is 6.61 Å². The third-order valence-electron chi connectivity index (χ3n) is 3.71. The molecule has 1 aromatic carbocycles. The van der Waals surface area contributed by atoms with E-state index in [1.807, 2.05) is 24.3 Å². The Kier molecular flexibility index (Phi) is 5.79. The largest absolute Gasteiger partial charge is 0.396 e. The summed E-state index contributed by atoms with van der Waals surface area (Å²) in [6.45, 7) is 0.642. The van der Waals surface area contributed by atoms with Gasteiger partial charge in [-0.1, -0.05) is 23.7 Å². The van der Waals surface area contributed by atoms with Gasteiger partial charge in [-0.3, -0.25) is 4.68 Å². The van der Waals surface area contributed by atoms with Crippen molar-refractivity contribution in [2.24, 2.45) is 0 Å². The monoisotopic (exact) mass is 368 g/mol. The number of hydrogen-bond acceptors (Lipinski definition) is 6. The first kappa shape index (κ1) is 17.9. The van der Waals surface area contributed by atoms with E-state index in [1.54, 1.807) is 23.3 Å². The van der Waals surface area contributed by atoms with Crippen LogP contribution in [-0.4, -0.2) is 31.5 Å². The third kappa shape index (κ3) is 4.36. The molecule has 0 amide bonds. The minimum Gasteiger partial charge on any atom is -0.396 e. The number of benzene rings is 1. The number of nitrogens with zero attached hydrogens (tertiary/aromatic N) is 5. The van der Waals surface area contributed by atoms with Crippen LogP contribution < -0.4 is 5.32 Å². The van der Waals surface area contributed by atoms with Crippen molar-refractivity contribution in [3.63, 3.8) is 0 Å². The second-order valence-corrected chi connectivity index (χ2v) is 5.99. The molecule has 26 heavy (non-hydrogen) atoms. The molecule has 8 heteroatoms. The fourth-order valence-corrected chi connectivity index (χ4v) is 2.62. The van der Waals surface area contributed by atoms with Crippen molar-refractivity contribution in [2.45, 2.75) is 19.4 Å². The van der Waals surface area contributed by atoms with Crippen molar-refractivity contribution < 1.29 is 5.11 Å². The average Bonchev–Trinajstić information content (AvgIpc) is 3.12. The van der Waals surface area contributed by atoms with E-state index in [4.69, 9.17) is 22.0 Å². The Morgan fingerprint density at radius 3 is 2.77 bits per heavy atom. The summed E-state index contributed by atoms with van der Waals surface area (Å²) in [5.74, 6) is 0.420. The first-order valence-electron chi connectivity index (χ1n) is 8.08. The molecule has 0 unspecified atom stereocenters. The van der Waals surface area contributed by atoms with E-state index in [0.29, 0.717) is 36.1 Å². The van der Waals surface area contributed by atoms with Crippen molar-refractivity contribution in [1.82, 2.24) is 19.7 Å². The third-order valence-corrected chi connectivity index (χ3v) is 3.99.